The minimum atomic E-state index is -0.653. The van der Waals surface area contributed by atoms with Crippen molar-refractivity contribution in [2.75, 3.05) is 6.61 Å². The lowest BCUT2D eigenvalue weighted by atomic mass is 10.2. The molecule has 3 rings (SSSR count). The molecule has 0 unspecified atom stereocenters. The number of carbonyl (C=O) groups excluding carboxylic acids is 2. The Balaban J connectivity index is 1.58. The molecule has 0 N–H and O–H groups in total. The zero-order chi connectivity index (χ0) is 19.4. The Hall–Kier alpha value is -1.79. The Morgan fingerprint density at radius 1 is 0.926 bits per heavy atom. The molecule has 0 bridgehead atoms. The lowest BCUT2D eigenvalue weighted by Crippen LogP contribution is -2.32. The van der Waals surface area contributed by atoms with Crippen molar-refractivity contribution in [2.24, 2.45) is 0 Å². The first-order valence-electron chi connectivity index (χ1n) is 8.11. The average Bonchev–Trinajstić information content (AvgIpc) is 3.00. The molecule has 142 valence electrons. The fourth-order valence-electron chi connectivity index (χ4n) is 2.56. The molecule has 0 aliphatic carbocycles. The number of esters is 2. The molecular formula is C19H15Cl3O5. The molecule has 0 radical (unpaired) electrons. The smallest absolute Gasteiger partial charge is 0.338 e. The van der Waals surface area contributed by atoms with Crippen LogP contribution in [0, 0.1) is 0 Å². The van der Waals surface area contributed by atoms with Gasteiger partial charge in [0.1, 0.15) is 24.4 Å². The van der Waals surface area contributed by atoms with Crippen LogP contribution in [0.15, 0.2) is 48.5 Å². The molecule has 1 heterocycles. The fraction of sp³-hybridized carbons (Fsp3) is 0.263. The van der Waals surface area contributed by atoms with Gasteiger partial charge in [-0.2, -0.15) is 0 Å². The third kappa shape index (κ3) is 5.36. The van der Waals surface area contributed by atoms with E-state index in [1.54, 1.807) is 48.5 Å². The summed E-state index contributed by atoms with van der Waals surface area (Å²) in [4.78, 5) is 24.4. The monoisotopic (exact) mass is 428 g/mol. The number of ether oxygens (including phenoxy) is 3. The second-order valence-electron chi connectivity index (χ2n) is 5.88. The molecule has 2 aromatic rings. The number of carbonyl (C=O) groups is 2. The Bertz CT molecular complexity index is 807. The maximum absolute atomic E-state index is 12.3. The summed E-state index contributed by atoms with van der Waals surface area (Å²) in [6.45, 7) is -0.0940. The second-order valence-corrected chi connectivity index (χ2v) is 7.24. The summed E-state index contributed by atoms with van der Waals surface area (Å²) in [5.74, 6) is -1.06. The molecule has 1 aliphatic rings. The molecule has 1 fully saturated rings. The first kappa shape index (κ1) is 20.0. The van der Waals surface area contributed by atoms with Gasteiger partial charge in [-0.25, -0.2) is 9.59 Å². The van der Waals surface area contributed by atoms with Gasteiger partial charge in [-0.05, 0) is 48.5 Å². The Kier molecular flexibility index (Phi) is 6.60. The van der Waals surface area contributed by atoms with E-state index >= 15 is 0 Å². The Morgan fingerprint density at radius 2 is 1.44 bits per heavy atom. The standard InChI is InChI=1S/C19H15Cl3O5/c20-13-5-1-11(2-6-13)18(23)25-10-16-15(9-17(22)26-16)27-19(24)12-3-7-14(21)8-4-12/h1-8,15-17H,9-10H2/t15-,16+,17+/m0/s1. The van der Waals surface area contributed by atoms with Gasteiger partial charge in [-0.1, -0.05) is 34.8 Å². The highest BCUT2D eigenvalue weighted by atomic mass is 35.5. The summed E-state index contributed by atoms with van der Waals surface area (Å²) in [6, 6.07) is 12.6. The zero-order valence-electron chi connectivity index (χ0n) is 13.9. The lowest BCUT2D eigenvalue weighted by molar-refractivity contribution is -0.0322. The summed E-state index contributed by atoms with van der Waals surface area (Å²) in [5, 5.41) is 1.04. The minimum absolute atomic E-state index is 0.0940. The topological polar surface area (TPSA) is 61.8 Å². The number of rotatable bonds is 5. The number of hydrogen-bond donors (Lipinski definition) is 0. The predicted octanol–water partition coefficient (Wildman–Crippen LogP) is 4.73. The number of alkyl halides is 1. The molecule has 2 aromatic carbocycles. The Morgan fingerprint density at radius 3 is 2.00 bits per heavy atom. The van der Waals surface area contributed by atoms with Crippen molar-refractivity contribution in [2.45, 2.75) is 24.2 Å². The van der Waals surface area contributed by atoms with E-state index in [1.807, 2.05) is 0 Å². The first-order valence-corrected chi connectivity index (χ1v) is 9.30. The van der Waals surface area contributed by atoms with E-state index in [0.29, 0.717) is 27.6 Å². The van der Waals surface area contributed by atoms with E-state index in [2.05, 4.69) is 0 Å². The van der Waals surface area contributed by atoms with Crippen molar-refractivity contribution in [3.63, 3.8) is 0 Å². The van der Waals surface area contributed by atoms with E-state index in [0.717, 1.165) is 0 Å². The molecular weight excluding hydrogens is 415 g/mol. The van der Waals surface area contributed by atoms with Crippen LogP contribution in [0.3, 0.4) is 0 Å². The van der Waals surface area contributed by atoms with E-state index in [9.17, 15) is 9.59 Å². The quantitative estimate of drug-likeness (QED) is 0.508. The molecule has 1 saturated heterocycles. The van der Waals surface area contributed by atoms with Crippen LogP contribution in [0.25, 0.3) is 0 Å². The highest BCUT2D eigenvalue weighted by Crippen LogP contribution is 2.27. The van der Waals surface area contributed by atoms with Gasteiger partial charge in [-0.15, -0.1) is 0 Å². The summed E-state index contributed by atoms with van der Waals surface area (Å²) in [5.41, 5.74) is 0.0797. The zero-order valence-corrected chi connectivity index (χ0v) is 16.2. The summed E-state index contributed by atoms with van der Waals surface area (Å²) in [6.07, 6.45) is -0.988. The second kappa shape index (κ2) is 8.93. The van der Waals surface area contributed by atoms with Crippen LogP contribution in [-0.4, -0.2) is 36.3 Å². The van der Waals surface area contributed by atoms with Gasteiger partial charge in [0.2, 0.25) is 0 Å². The highest BCUT2D eigenvalue weighted by Gasteiger charge is 2.38. The van der Waals surface area contributed by atoms with Gasteiger partial charge in [-0.3, -0.25) is 0 Å². The SMILES string of the molecule is O=C(OC[C@H]1O[C@@H](Cl)C[C@@H]1OC(=O)c1ccc(Cl)cc1)c1ccc(Cl)cc1. The van der Waals surface area contributed by atoms with Crippen LogP contribution >= 0.6 is 34.8 Å². The molecule has 0 spiro atoms. The first-order chi connectivity index (χ1) is 12.9. The van der Waals surface area contributed by atoms with Crippen molar-refractivity contribution >= 4 is 46.7 Å². The molecule has 27 heavy (non-hydrogen) atoms. The van der Waals surface area contributed by atoms with Crippen molar-refractivity contribution in [1.29, 1.82) is 0 Å². The van der Waals surface area contributed by atoms with Crippen molar-refractivity contribution in [3.8, 4) is 0 Å². The third-order valence-electron chi connectivity index (χ3n) is 3.95. The molecule has 5 nitrogen and oxygen atoms in total. The van der Waals surface area contributed by atoms with Crippen LogP contribution in [0.5, 0.6) is 0 Å². The summed E-state index contributed by atoms with van der Waals surface area (Å²) in [7, 11) is 0. The van der Waals surface area contributed by atoms with Gasteiger partial charge < -0.3 is 14.2 Å². The van der Waals surface area contributed by atoms with E-state index < -0.39 is 29.7 Å². The number of halogens is 3. The fourth-order valence-corrected chi connectivity index (χ4v) is 3.12. The molecule has 3 atom stereocenters. The van der Waals surface area contributed by atoms with Gasteiger partial charge in [0.25, 0.3) is 0 Å². The van der Waals surface area contributed by atoms with Crippen LogP contribution in [-0.2, 0) is 14.2 Å². The molecule has 0 saturated carbocycles. The van der Waals surface area contributed by atoms with Gasteiger partial charge >= 0.3 is 11.9 Å². The van der Waals surface area contributed by atoms with Gasteiger partial charge in [0, 0.05) is 16.5 Å². The van der Waals surface area contributed by atoms with Crippen LogP contribution in [0.2, 0.25) is 10.0 Å². The maximum Gasteiger partial charge on any atom is 0.338 e. The molecule has 0 aromatic heterocycles. The van der Waals surface area contributed by atoms with Crippen molar-refractivity contribution in [1.82, 2.24) is 0 Å². The van der Waals surface area contributed by atoms with E-state index in [1.165, 1.54) is 0 Å². The predicted molar refractivity (Wildman–Crippen MR) is 102 cm³/mol. The van der Waals surface area contributed by atoms with Crippen LogP contribution in [0.1, 0.15) is 27.1 Å². The lowest BCUT2D eigenvalue weighted by Gasteiger charge is -2.19. The largest absolute Gasteiger partial charge is 0.459 e. The number of hydrogen-bond acceptors (Lipinski definition) is 5. The minimum Gasteiger partial charge on any atom is -0.459 e. The molecule has 1 aliphatic heterocycles. The van der Waals surface area contributed by atoms with Crippen LogP contribution < -0.4 is 0 Å². The van der Waals surface area contributed by atoms with Gasteiger partial charge in [0.15, 0.2) is 0 Å². The molecule has 0 amide bonds. The third-order valence-corrected chi connectivity index (χ3v) is 4.74. The van der Waals surface area contributed by atoms with Crippen molar-refractivity contribution < 1.29 is 23.8 Å². The van der Waals surface area contributed by atoms with Gasteiger partial charge in [0.05, 0.1) is 11.1 Å². The van der Waals surface area contributed by atoms with E-state index in [4.69, 9.17) is 49.0 Å². The highest BCUT2D eigenvalue weighted by molar-refractivity contribution is 6.31. The number of benzene rings is 2. The van der Waals surface area contributed by atoms with Crippen LogP contribution in [0.4, 0.5) is 0 Å². The maximum atomic E-state index is 12.3. The summed E-state index contributed by atoms with van der Waals surface area (Å²) < 4.78 is 16.2. The average molecular weight is 430 g/mol. The normalized spacial score (nSPS) is 21.7. The Labute approximate surface area is 171 Å². The van der Waals surface area contributed by atoms with Crippen molar-refractivity contribution in [3.05, 3.63) is 69.7 Å². The molecule has 8 heteroatoms. The van der Waals surface area contributed by atoms with E-state index in [-0.39, 0.29) is 6.61 Å². The summed E-state index contributed by atoms with van der Waals surface area (Å²) >= 11 is 17.6.